The molecule has 0 radical (unpaired) electrons. The Bertz CT molecular complexity index is 812. The minimum Gasteiger partial charge on any atom is -0.301 e. The van der Waals surface area contributed by atoms with Crippen molar-refractivity contribution in [2.75, 3.05) is 0 Å². The van der Waals surface area contributed by atoms with Crippen LogP contribution in [0.3, 0.4) is 0 Å². The predicted octanol–water partition coefficient (Wildman–Crippen LogP) is 4.37. The van der Waals surface area contributed by atoms with Gasteiger partial charge in [0.15, 0.2) is 5.16 Å². The molecule has 1 unspecified atom stereocenters. The molecule has 24 heavy (non-hydrogen) atoms. The monoisotopic (exact) mass is 347 g/mol. The molecule has 0 saturated heterocycles. The third-order valence-corrected chi connectivity index (χ3v) is 4.23. The summed E-state index contributed by atoms with van der Waals surface area (Å²) in [6, 6.07) is 4.87. The van der Waals surface area contributed by atoms with Crippen LogP contribution in [0.1, 0.15) is 43.6 Å². The Balaban J connectivity index is 2.63. The van der Waals surface area contributed by atoms with Gasteiger partial charge in [-0.25, -0.2) is 9.37 Å². The molecule has 2 aromatic rings. The molecule has 0 fully saturated rings. The number of rotatable bonds is 6. The Morgan fingerprint density at radius 2 is 2.04 bits per heavy atom. The molecule has 0 aliphatic carbocycles. The average molecular weight is 347 g/mol. The first-order valence-electron chi connectivity index (χ1n) is 7.55. The summed E-state index contributed by atoms with van der Waals surface area (Å²) in [6.07, 6.45) is 0.447. The van der Waals surface area contributed by atoms with E-state index in [0.29, 0.717) is 28.4 Å². The van der Waals surface area contributed by atoms with Crippen molar-refractivity contribution in [2.24, 2.45) is 5.11 Å². The summed E-state index contributed by atoms with van der Waals surface area (Å²) in [5.41, 5.74) is 10.1. The quantitative estimate of drug-likeness (QED) is 0.276. The van der Waals surface area contributed by atoms with Crippen LogP contribution in [0, 0.1) is 5.82 Å². The largest absolute Gasteiger partial charge is 0.301 e. The number of aromatic nitrogens is 2. The van der Waals surface area contributed by atoms with Crippen LogP contribution >= 0.6 is 11.8 Å². The fraction of sp³-hybridized carbons (Fsp3) is 0.375. The van der Waals surface area contributed by atoms with Crippen LogP contribution in [-0.2, 0) is 6.42 Å². The second-order valence-corrected chi connectivity index (χ2v) is 6.98. The maximum atomic E-state index is 13.2. The molecular weight excluding hydrogens is 329 g/mol. The lowest BCUT2D eigenvalue weighted by Gasteiger charge is -2.16. The lowest BCUT2D eigenvalue weighted by molar-refractivity contribution is 0.625. The van der Waals surface area contributed by atoms with Crippen LogP contribution in [0.5, 0.6) is 0 Å². The van der Waals surface area contributed by atoms with Gasteiger partial charge in [0.2, 0.25) is 0 Å². The van der Waals surface area contributed by atoms with E-state index in [1.54, 1.807) is 0 Å². The van der Waals surface area contributed by atoms with Gasteiger partial charge in [-0.15, -0.1) is 0 Å². The molecule has 1 N–H and O–H groups in total. The van der Waals surface area contributed by atoms with Gasteiger partial charge in [0.1, 0.15) is 11.9 Å². The van der Waals surface area contributed by atoms with Crippen LogP contribution in [0.4, 0.5) is 4.39 Å². The third-order valence-electron chi connectivity index (χ3n) is 3.34. The summed E-state index contributed by atoms with van der Waals surface area (Å²) in [5, 5.41) is 4.51. The molecule has 6 nitrogen and oxygen atoms in total. The molecule has 0 saturated carbocycles. The van der Waals surface area contributed by atoms with E-state index >= 15 is 0 Å². The first-order valence-corrected chi connectivity index (χ1v) is 8.43. The molecule has 2 rings (SSSR count). The number of halogens is 1. The van der Waals surface area contributed by atoms with Crippen LogP contribution in [0.15, 0.2) is 39.3 Å². The van der Waals surface area contributed by atoms with E-state index in [2.05, 4.69) is 20.0 Å². The fourth-order valence-electron chi connectivity index (χ4n) is 2.32. The molecular formula is C16H18FN5OS. The van der Waals surface area contributed by atoms with E-state index < -0.39 is 6.04 Å². The number of benzene rings is 1. The number of hydrogen-bond acceptors (Lipinski definition) is 4. The van der Waals surface area contributed by atoms with Crippen molar-refractivity contribution in [3.63, 3.8) is 0 Å². The first kappa shape index (κ1) is 18.0. The van der Waals surface area contributed by atoms with Gasteiger partial charge < -0.3 is 4.98 Å². The topological polar surface area (TPSA) is 94.5 Å². The van der Waals surface area contributed by atoms with Crippen molar-refractivity contribution in [1.29, 1.82) is 0 Å². The standard InChI is InChI=1S/C16H18FN5OS/c1-4-12-14(19-16(20-15(12)23)24-9(2)3)13(21-22-18)10-5-7-11(17)8-6-10/h5-9,13H,4H2,1-3H3,(H,19,20,23). The zero-order valence-corrected chi connectivity index (χ0v) is 14.5. The highest BCUT2D eigenvalue weighted by atomic mass is 32.2. The highest BCUT2D eigenvalue weighted by molar-refractivity contribution is 7.99. The maximum Gasteiger partial charge on any atom is 0.254 e. The van der Waals surface area contributed by atoms with Gasteiger partial charge in [-0.05, 0) is 29.6 Å². The van der Waals surface area contributed by atoms with Gasteiger partial charge in [0, 0.05) is 15.7 Å². The summed E-state index contributed by atoms with van der Waals surface area (Å²) in [5.74, 6) is -0.385. The van der Waals surface area contributed by atoms with Crippen LogP contribution in [0.25, 0.3) is 10.4 Å². The van der Waals surface area contributed by atoms with Crippen LogP contribution < -0.4 is 5.56 Å². The average Bonchev–Trinajstić information content (AvgIpc) is 2.52. The van der Waals surface area contributed by atoms with E-state index in [4.69, 9.17) is 5.53 Å². The van der Waals surface area contributed by atoms with Crippen molar-refractivity contribution >= 4 is 11.8 Å². The predicted molar refractivity (Wildman–Crippen MR) is 92.6 cm³/mol. The summed E-state index contributed by atoms with van der Waals surface area (Å²) in [4.78, 5) is 22.5. The molecule has 126 valence electrons. The van der Waals surface area contributed by atoms with E-state index in [0.717, 1.165) is 0 Å². The molecule has 0 spiro atoms. The Hall–Kier alpha value is -2.31. The molecule has 1 atom stereocenters. The second kappa shape index (κ2) is 7.99. The maximum absolute atomic E-state index is 13.2. The second-order valence-electron chi connectivity index (χ2n) is 5.41. The molecule has 1 heterocycles. The van der Waals surface area contributed by atoms with Crippen LogP contribution in [0.2, 0.25) is 0 Å². The van der Waals surface area contributed by atoms with E-state index in [1.165, 1.54) is 36.0 Å². The van der Waals surface area contributed by atoms with Crippen molar-refractivity contribution in [1.82, 2.24) is 9.97 Å². The summed E-state index contributed by atoms with van der Waals surface area (Å²) in [6.45, 7) is 5.81. The van der Waals surface area contributed by atoms with Gasteiger partial charge >= 0.3 is 0 Å². The van der Waals surface area contributed by atoms with Crippen molar-refractivity contribution in [2.45, 2.75) is 43.6 Å². The number of nitrogens with zero attached hydrogens (tertiary/aromatic N) is 4. The normalized spacial score (nSPS) is 12.0. The van der Waals surface area contributed by atoms with Crippen molar-refractivity contribution < 1.29 is 4.39 Å². The van der Waals surface area contributed by atoms with Gasteiger partial charge in [0.05, 0.1) is 5.69 Å². The van der Waals surface area contributed by atoms with E-state index in [1.807, 2.05) is 20.8 Å². The summed E-state index contributed by atoms with van der Waals surface area (Å²) >= 11 is 1.42. The first-order chi connectivity index (χ1) is 11.5. The Labute approximate surface area is 143 Å². The number of aromatic amines is 1. The molecule has 1 aromatic carbocycles. The van der Waals surface area contributed by atoms with Crippen molar-refractivity contribution in [3.8, 4) is 0 Å². The number of thioether (sulfide) groups is 1. The Kier molecular flexibility index (Phi) is 6.00. The molecule has 0 amide bonds. The van der Waals surface area contributed by atoms with E-state index in [-0.39, 0.29) is 16.6 Å². The zero-order chi connectivity index (χ0) is 17.7. The molecule has 0 aliphatic heterocycles. The number of hydrogen-bond donors (Lipinski definition) is 1. The Morgan fingerprint density at radius 1 is 1.38 bits per heavy atom. The van der Waals surface area contributed by atoms with E-state index in [9.17, 15) is 9.18 Å². The molecule has 1 aromatic heterocycles. The lowest BCUT2D eigenvalue weighted by Crippen LogP contribution is -2.20. The van der Waals surface area contributed by atoms with Gasteiger partial charge in [-0.2, -0.15) is 0 Å². The lowest BCUT2D eigenvalue weighted by atomic mass is 10.00. The number of H-pyrrole nitrogens is 1. The summed E-state index contributed by atoms with van der Waals surface area (Å²) < 4.78 is 13.2. The molecule has 0 bridgehead atoms. The highest BCUT2D eigenvalue weighted by Gasteiger charge is 2.21. The zero-order valence-electron chi connectivity index (χ0n) is 13.7. The molecule has 0 aliphatic rings. The smallest absolute Gasteiger partial charge is 0.254 e. The SMILES string of the molecule is CCc1c(C(N=[N+]=[N-])c2ccc(F)cc2)nc(SC(C)C)[nH]c1=O. The summed E-state index contributed by atoms with van der Waals surface area (Å²) in [7, 11) is 0. The number of nitrogens with one attached hydrogen (secondary N) is 1. The number of azide groups is 1. The fourth-order valence-corrected chi connectivity index (χ4v) is 3.07. The third kappa shape index (κ3) is 4.15. The Morgan fingerprint density at radius 3 is 2.58 bits per heavy atom. The highest BCUT2D eigenvalue weighted by Crippen LogP contribution is 2.29. The van der Waals surface area contributed by atoms with Crippen LogP contribution in [-0.4, -0.2) is 15.2 Å². The molecule has 8 heteroatoms. The minimum atomic E-state index is -0.778. The van der Waals surface area contributed by atoms with Gasteiger partial charge in [-0.1, -0.05) is 49.8 Å². The van der Waals surface area contributed by atoms with Crippen molar-refractivity contribution in [3.05, 3.63) is 67.7 Å². The minimum absolute atomic E-state index is 0.234. The van der Waals surface area contributed by atoms with Gasteiger partial charge in [-0.3, -0.25) is 4.79 Å². The van der Waals surface area contributed by atoms with Gasteiger partial charge in [0.25, 0.3) is 5.56 Å².